The van der Waals surface area contributed by atoms with Crippen LogP contribution in [0.3, 0.4) is 0 Å². The van der Waals surface area contributed by atoms with Crippen LogP contribution in [0.4, 0.5) is 0 Å². The number of ether oxygens (including phenoxy) is 2. The molecule has 0 bridgehead atoms. The highest BCUT2D eigenvalue weighted by atomic mass is 16.5. The van der Waals surface area contributed by atoms with Crippen LogP contribution in [0.25, 0.3) is 11.3 Å². The van der Waals surface area contributed by atoms with E-state index in [9.17, 15) is 4.79 Å². The third-order valence-electron chi connectivity index (χ3n) is 4.41. The topological polar surface area (TPSA) is 35.5 Å². The van der Waals surface area contributed by atoms with Gasteiger partial charge in [-0.2, -0.15) is 0 Å². The van der Waals surface area contributed by atoms with Gasteiger partial charge in [-0.3, -0.25) is 4.79 Å². The van der Waals surface area contributed by atoms with E-state index in [2.05, 4.69) is 0 Å². The highest BCUT2D eigenvalue weighted by Crippen LogP contribution is 2.39. The van der Waals surface area contributed by atoms with Crippen LogP contribution in [0.1, 0.15) is 21.5 Å². The molecule has 0 saturated heterocycles. The SMILES string of the molecule is COc1ccc2c(c1)/C(=C/C(=O)c1ccccc1)C=C(c1ccccc1)O2. The molecule has 1 heterocycles. The normalized spacial score (nSPS) is 14.1. The number of methoxy groups -OCH3 is 1. The Balaban J connectivity index is 1.82. The molecule has 0 saturated carbocycles. The van der Waals surface area contributed by atoms with Gasteiger partial charge >= 0.3 is 0 Å². The molecule has 1 aliphatic heterocycles. The van der Waals surface area contributed by atoms with Crippen LogP contribution >= 0.6 is 0 Å². The number of fused-ring (bicyclic) bond motifs is 1. The summed E-state index contributed by atoms with van der Waals surface area (Å²) in [5.74, 6) is 2.07. The summed E-state index contributed by atoms with van der Waals surface area (Å²) in [6, 6.07) is 24.7. The lowest BCUT2D eigenvalue weighted by Gasteiger charge is -2.21. The van der Waals surface area contributed by atoms with Crippen LogP contribution in [0.2, 0.25) is 0 Å². The highest BCUT2D eigenvalue weighted by Gasteiger charge is 2.20. The van der Waals surface area contributed by atoms with Gasteiger partial charge in [0.1, 0.15) is 17.3 Å². The van der Waals surface area contributed by atoms with Gasteiger partial charge in [-0.25, -0.2) is 0 Å². The maximum atomic E-state index is 12.7. The van der Waals surface area contributed by atoms with Gasteiger partial charge in [0.2, 0.25) is 0 Å². The van der Waals surface area contributed by atoms with Crippen LogP contribution in [0, 0.1) is 0 Å². The van der Waals surface area contributed by atoms with Crippen molar-refractivity contribution in [2.24, 2.45) is 0 Å². The van der Waals surface area contributed by atoms with Crippen LogP contribution < -0.4 is 9.47 Å². The molecule has 3 aromatic carbocycles. The second kappa shape index (κ2) is 7.34. The molecule has 0 N–H and O–H groups in total. The van der Waals surface area contributed by atoms with E-state index in [-0.39, 0.29) is 5.78 Å². The van der Waals surface area contributed by atoms with E-state index >= 15 is 0 Å². The van der Waals surface area contributed by atoms with Crippen molar-refractivity contribution in [2.75, 3.05) is 7.11 Å². The van der Waals surface area contributed by atoms with E-state index in [4.69, 9.17) is 9.47 Å². The molecule has 1 aliphatic rings. The molecule has 0 radical (unpaired) electrons. The Labute approximate surface area is 158 Å². The molecule has 3 aromatic rings. The lowest BCUT2D eigenvalue weighted by molar-refractivity contribution is 0.104. The van der Waals surface area contributed by atoms with E-state index in [1.165, 1.54) is 0 Å². The quantitative estimate of drug-likeness (QED) is 0.465. The Hall–Kier alpha value is -3.59. The fraction of sp³-hybridized carbons (Fsp3) is 0.0417. The third kappa shape index (κ3) is 3.53. The molecule has 0 atom stereocenters. The van der Waals surface area contributed by atoms with E-state index in [1.54, 1.807) is 13.2 Å². The first-order valence-electron chi connectivity index (χ1n) is 8.69. The van der Waals surface area contributed by atoms with Gasteiger partial charge in [0, 0.05) is 16.7 Å². The Morgan fingerprint density at radius 2 is 1.63 bits per heavy atom. The lowest BCUT2D eigenvalue weighted by Crippen LogP contribution is -2.05. The number of hydrogen-bond acceptors (Lipinski definition) is 3. The van der Waals surface area contributed by atoms with Crippen molar-refractivity contribution < 1.29 is 14.3 Å². The first-order chi connectivity index (χ1) is 13.2. The summed E-state index contributed by atoms with van der Waals surface area (Å²) < 4.78 is 11.4. The van der Waals surface area contributed by atoms with Crippen LogP contribution in [0.15, 0.2) is 91.0 Å². The summed E-state index contributed by atoms with van der Waals surface area (Å²) in [4.78, 5) is 12.7. The van der Waals surface area contributed by atoms with Gasteiger partial charge in [-0.15, -0.1) is 0 Å². The molecule has 3 nitrogen and oxygen atoms in total. The Morgan fingerprint density at radius 3 is 2.33 bits per heavy atom. The van der Waals surface area contributed by atoms with Crippen molar-refractivity contribution >= 4 is 17.1 Å². The number of carbonyl (C=O) groups excluding carboxylic acids is 1. The minimum Gasteiger partial charge on any atom is -0.497 e. The Kier molecular flexibility index (Phi) is 4.58. The molecule has 0 aromatic heterocycles. The summed E-state index contributed by atoms with van der Waals surface area (Å²) in [6.07, 6.45) is 3.55. The summed E-state index contributed by atoms with van der Waals surface area (Å²) in [6.45, 7) is 0. The minimum atomic E-state index is -0.0510. The van der Waals surface area contributed by atoms with Gasteiger partial charge in [-0.05, 0) is 35.9 Å². The van der Waals surface area contributed by atoms with Crippen LogP contribution in [0.5, 0.6) is 11.5 Å². The van der Waals surface area contributed by atoms with E-state index in [0.29, 0.717) is 22.8 Å². The summed E-state index contributed by atoms with van der Waals surface area (Å²) in [5.41, 5.74) is 3.23. The molecule has 3 heteroatoms. The van der Waals surface area contributed by atoms with Gasteiger partial charge < -0.3 is 9.47 Å². The van der Waals surface area contributed by atoms with Crippen LogP contribution in [-0.4, -0.2) is 12.9 Å². The largest absolute Gasteiger partial charge is 0.497 e. The second-order valence-corrected chi connectivity index (χ2v) is 6.17. The standard InChI is InChI=1S/C24H18O3/c1-26-20-12-13-23-21(16-20)19(14-22(25)17-8-4-2-5-9-17)15-24(27-23)18-10-6-3-7-11-18/h2-16H,1H3/b19-14+. The molecule has 0 amide bonds. The first kappa shape index (κ1) is 16.9. The third-order valence-corrected chi connectivity index (χ3v) is 4.41. The monoisotopic (exact) mass is 354 g/mol. The van der Waals surface area contributed by atoms with Crippen LogP contribution in [-0.2, 0) is 0 Å². The van der Waals surface area contributed by atoms with Gasteiger partial charge in [0.15, 0.2) is 5.78 Å². The Bertz CT molecular complexity index is 1030. The average molecular weight is 354 g/mol. The maximum Gasteiger partial charge on any atom is 0.186 e. The molecule has 0 fully saturated rings. The zero-order valence-electron chi connectivity index (χ0n) is 14.9. The van der Waals surface area contributed by atoms with Crippen molar-refractivity contribution in [2.45, 2.75) is 0 Å². The predicted molar refractivity (Wildman–Crippen MR) is 107 cm³/mol. The van der Waals surface area contributed by atoms with Crippen molar-refractivity contribution in [3.8, 4) is 11.5 Å². The molecule has 4 rings (SSSR count). The van der Waals surface area contributed by atoms with E-state index in [1.807, 2.05) is 84.9 Å². The summed E-state index contributed by atoms with van der Waals surface area (Å²) in [7, 11) is 1.62. The fourth-order valence-electron chi connectivity index (χ4n) is 3.01. The highest BCUT2D eigenvalue weighted by molar-refractivity contribution is 6.10. The molecule has 0 spiro atoms. The average Bonchev–Trinajstić information content (AvgIpc) is 2.74. The van der Waals surface area contributed by atoms with Gasteiger partial charge in [0.25, 0.3) is 0 Å². The molecule has 0 unspecified atom stereocenters. The number of ketones is 1. The molecule has 132 valence electrons. The van der Waals surface area contributed by atoms with Crippen molar-refractivity contribution in [1.29, 1.82) is 0 Å². The number of benzene rings is 3. The lowest BCUT2D eigenvalue weighted by atomic mass is 9.97. The molecule has 0 aliphatic carbocycles. The van der Waals surface area contributed by atoms with Crippen molar-refractivity contribution in [3.05, 3.63) is 108 Å². The predicted octanol–water partition coefficient (Wildman–Crippen LogP) is 5.40. The van der Waals surface area contributed by atoms with Gasteiger partial charge in [0.05, 0.1) is 7.11 Å². The zero-order chi connectivity index (χ0) is 18.6. The van der Waals surface area contributed by atoms with Crippen molar-refractivity contribution in [3.63, 3.8) is 0 Å². The first-order valence-corrected chi connectivity index (χ1v) is 8.69. The maximum absolute atomic E-state index is 12.7. The zero-order valence-corrected chi connectivity index (χ0v) is 14.9. The Morgan fingerprint density at radius 1 is 0.926 bits per heavy atom. The summed E-state index contributed by atoms with van der Waals surface area (Å²) in [5, 5.41) is 0. The molecular formula is C24H18O3. The second-order valence-electron chi connectivity index (χ2n) is 6.17. The minimum absolute atomic E-state index is 0.0510. The number of rotatable bonds is 4. The van der Waals surface area contributed by atoms with Crippen molar-refractivity contribution in [1.82, 2.24) is 0 Å². The number of hydrogen-bond donors (Lipinski definition) is 0. The molecule has 27 heavy (non-hydrogen) atoms. The van der Waals surface area contributed by atoms with E-state index < -0.39 is 0 Å². The number of allylic oxidation sites excluding steroid dienone is 3. The smallest absolute Gasteiger partial charge is 0.186 e. The molecular weight excluding hydrogens is 336 g/mol. The number of carbonyl (C=O) groups is 1. The fourth-order valence-corrected chi connectivity index (χ4v) is 3.01. The summed E-state index contributed by atoms with van der Waals surface area (Å²) >= 11 is 0. The van der Waals surface area contributed by atoms with Gasteiger partial charge in [-0.1, -0.05) is 60.7 Å². The van der Waals surface area contributed by atoms with E-state index in [0.717, 1.165) is 16.7 Å².